The molecule has 0 radical (unpaired) electrons. The predicted molar refractivity (Wildman–Crippen MR) is 148 cm³/mol. The highest BCUT2D eigenvalue weighted by atomic mass is 35.5. The Morgan fingerprint density at radius 3 is 2.29 bits per heavy atom. The lowest BCUT2D eigenvalue weighted by molar-refractivity contribution is -0.137. The van der Waals surface area contributed by atoms with Gasteiger partial charge in [0.25, 0.3) is 5.91 Å². The van der Waals surface area contributed by atoms with Crippen molar-refractivity contribution in [3.05, 3.63) is 101 Å². The summed E-state index contributed by atoms with van der Waals surface area (Å²) in [6.45, 7) is 3.02. The van der Waals surface area contributed by atoms with E-state index in [1.165, 1.54) is 29.8 Å². The van der Waals surface area contributed by atoms with E-state index in [9.17, 15) is 22.8 Å². The summed E-state index contributed by atoms with van der Waals surface area (Å²) in [5.74, 6) is -1.14. The van der Waals surface area contributed by atoms with Crippen LogP contribution in [0.4, 0.5) is 19.0 Å². The first-order valence-electron chi connectivity index (χ1n) is 12.4. The number of nitrogens with zero attached hydrogens (tertiary/aromatic N) is 4. The molecule has 0 aliphatic rings. The second-order valence-corrected chi connectivity index (χ2v) is 9.57. The number of carbonyl (C=O) groups is 2. The Bertz CT molecular complexity index is 1760. The first kappa shape index (κ1) is 27.8. The van der Waals surface area contributed by atoms with Crippen LogP contribution in [0, 0.1) is 0 Å². The maximum atomic E-state index is 13.6. The number of fused-ring (bicyclic) bond motifs is 1. The van der Waals surface area contributed by atoms with Crippen molar-refractivity contribution in [3.8, 4) is 22.4 Å². The van der Waals surface area contributed by atoms with Gasteiger partial charge in [0.15, 0.2) is 11.5 Å². The molecule has 1 atom stereocenters. The molecule has 2 N–H and O–H groups in total. The van der Waals surface area contributed by atoms with Crippen LogP contribution in [0.1, 0.15) is 41.5 Å². The van der Waals surface area contributed by atoms with E-state index < -0.39 is 29.6 Å². The predicted octanol–water partition coefficient (Wildman–Crippen LogP) is 6.58. The molecule has 5 aromatic rings. The zero-order valence-electron chi connectivity index (χ0n) is 21.7. The minimum atomic E-state index is -4.53. The quantitative estimate of drug-likeness (QED) is 0.237. The van der Waals surface area contributed by atoms with Gasteiger partial charge in [-0.15, -0.1) is 5.10 Å². The van der Waals surface area contributed by atoms with Gasteiger partial charge in [-0.2, -0.15) is 13.2 Å². The number of rotatable bonds is 6. The fraction of sp³-hybridized carbons (Fsp3) is 0.138. The van der Waals surface area contributed by atoms with Crippen molar-refractivity contribution < 1.29 is 22.8 Å². The fourth-order valence-corrected chi connectivity index (χ4v) is 4.63. The molecule has 0 spiro atoms. The number of anilines is 1. The van der Waals surface area contributed by atoms with Gasteiger partial charge in [0.1, 0.15) is 5.56 Å². The Morgan fingerprint density at radius 1 is 0.951 bits per heavy atom. The van der Waals surface area contributed by atoms with Gasteiger partial charge in [-0.3, -0.25) is 14.6 Å². The topological polar surface area (TPSA) is 101 Å². The van der Waals surface area contributed by atoms with Crippen LogP contribution in [0.3, 0.4) is 0 Å². The van der Waals surface area contributed by atoms with Crippen molar-refractivity contribution in [2.45, 2.75) is 26.1 Å². The molecule has 5 rings (SSSR count). The Balaban J connectivity index is 1.73. The number of alkyl halides is 3. The van der Waals surface area contributed by atoms with Gasteiger partial charge < -0.3 is 10.6 Å². The van der Waals surface area contributed by atoms with Crippen LogP contribution in [0.15, 0.2) is 79.1 Å². The molecule has 0 saturated heterocycles. The summed E-state index contributed by atoms with van der Waals surface area (Å²) >= 11 is 6.49. The average Bonchev–Trinajstić information content (AvgIpc) is 3.30. The molecular formula is C29H22ClF3N6O2. The molecule has 12 heteroatoms. The number of halogens is 4. The molecule has 8 nitrogen and oxygen atoms in total. The molecule has 0 aliphatic heterocycles. The van der Waals surface area contributed by atoms with Crippen LogP contribution in [-0.4, -0.2) is 31.4 Å². The first-order valence-corrected chi connectivity index (χ1v) is 12.8. The van der Waals surface area contributed by atoms with Gasteiger partial charge >= 0.3 is 6.18 Å². The SMILES string of the molecule is CC(=O)Nc1nn2c(-c3ccc(C(F)(F)F)cc3)c(-c3ccccc3Cl)cnc2c1C(=O)NC(C)c1ccccn1. The number of amides is 2. The maximum Gasteiger partial charge on any atom is 0.416 e. The molecule has 2 aromatic carbocycles. The van der Waals surface area contributed by atoms with E-state index in [-0.39, 0.29) is 17.0 Å². The summed E-state index contributed by atoms with van der Waals surface area (Å²) in [6, 6.07) is 16.2. The zero-order valence-corrected chi connectivity index (χ0v) is 22.5. The Hall–Kier alpha value is -4.77. The van der Waals surface area contributed by atoms with Crippen molar-refractivity contribution in [1.82, 2.24) is 24.9 Å². The van der Waals surface area contributed by atoms with Crippen LogP contribution < -0.4 is 10.6 Å². The molecule has 1 unspecified atom stereocenters. The van der Waals surface area contributed by atoms with E-state index in [4.69, 9.17) is 11.6 Å². The lowest BCUT2D eigenvalue weighted by Crippen LogP contribution is -2.28. The molecule has 0 aliphatic carbocycles. The van der Waals surface area contributed by atoms with Crippen molar-refractivity contribution in [2.75, 3.05) is 5.32 Å². The van der Waals surface area contributed by atoms with E-state index in [0.717, 1.165) is 12.1 Å². The number of pyridine rings is 1. The number of benzene rings is 2. The molecule has 41 heavy (non-hydrogen) atoms. The Morgan fingerprint density at radius 2 is 1.66 bits per heavy atom. The second kappa shape index (κ2) is 11.0. The van der Waals surface area contributed by atoms with Gasteiger partial charge in [0.05, 0.1) is 23.0 Å². The third kappa shape index (κ3) is 5.62. The molecule has 3 aromatic heterocycles. The molecular weight excluding hydrogens is 557 g/mol. The Labute approximate surface area is 237 Å². The third-order valence-corrected chi connectivity index (χ3v) is 6.62. The number of hydrogen-bond donors (Lipinski definition) is 2. The van der Waals surface area contributed by atoms with Gasteiger partial charge in [-0.1, -0.05) is 48.0 Å². The van der Waals surface area contributed by atoms with Gasteiger partial charge in [-0.05, 0) is 37.3 Å². The molecule has 0 saturated carbocycles. The standard InChI is InChI=1S/C29H22ClF3N6O2/c1-16(23-9-5-6-14-34-23)36-28(41)24-26(37-17(2)40)38-39-25(18-10-12-19(13-11-18)29(31,32)33)21(15-35-27(24)39)20-7-3-4-8-22(20)30/h3-16H,1-2H3,(H,36,41)(H,37,38,40). The summed E-state index contributed by atoms with van der Waals surface area (Å²) in [6.07, 6.45) is -1.45. The highest BCUT2D eigenvalue weighted by Gasteiger charge is 2.31. The van der Waals surface area contributed by atoms with Crippen molar-refractivity contribution in [1.29, 1.82) is 0 Å². The normalized spacial score (nSPS) is 12.2. The first-order chi connectivity index (χ1) is 19.5. The summed E-state index contributed by atoms with van der Waals surface area (Å²) in [4.78, 5) is 34.4. The van der Waals surface area contributed by atoms with Gasteiger partial charge in [-0.25, -0.2) is 9.50 Å². The van der Waals surface area contributed by atoms with Crippen molar-refractivity contribution in [2.24, 2.45) is 0 Å². The van der Waals surface area contributed by atoms with E-state index in [0.29, 0.717) is 33.1 Å². The smallest absolute Gasteiger partial charge is 0.344 e. The summed E-state index contributed by atoms with van der Waals surface area (Å²) in [5, 5.41) is 10.3. The fourth-order valence-electron chi connectivity index (χ4n) is 4.40. The van der Waals surface area contributed by atoms with Gasteiger partial charge in [0, 0.05) is 41.0 Å². The second-order valence-electron chi connectivity index (χ2n) is 9.17. The minimum Gasteiger partial charge on any atom is -0.344 e. The van der Waals surface area contributed by atoms with Crippen LogP contribution >= 0.6 is 11.6 Å². The molecule has 0 fully saturated rings. The monoisotopic (exact) mass is 578 g/mol. The third-order valence-electron chi connectivity index (χ3n) is 6.29. The summed E-state index contributed by atoms with van der Waals surface area (Å²) in [5.41, 5.74) is 1.50. The maximum absolute atomic E-state index is 13.6. The Kier molecular flexibility index (Phi) is 7.46. The largest absolute Gasteiger partial charge is 0.416 e. The minimum absolute atomic E-state index is 0.0261. The number of carbonyl (C=O) groups excluding carboxylic acids is 2. The summed E-state index contributed by atoms with van der Waals surface area (Å²) in [7, 11) is 0. The highest BCUT2D eigenvalue weighted by Crippen LogP contribution is 2.38. The molecule has 3 heterocycles. The van der Waals surface area contributed by atoms with Crippen LogP contribution in [0.25, 0.3) is 28.0 Å². The van der Waals surface area contributed by atoms with E-state index in [1.807, 2.05) is 0 Å². The lowest BCUT2D eigenvalue weighted by Gasteiger charge is -2.15. The van der Waals surface area contributed by atoms with Crippen molar-refractivity contribution >= 4 is 34.9 Å². The summed E-state index contributed by atoms with van der Waals surface area (Å²) < 4.78 is 41.3. The number of aromatic nitrogens is 4. The molecule has 0 bridgehead atoms. The zero-order chi connectivity index (χ0) is 29.3. The average molecular weight is 579 g/mol. The van der Waals surface area contributed by atoms with Crippen LogP contribution in [0.2, 0.25) is 5.02 Å². The number of hydrogen-bond acceptors (Lipinski definition) is 5. The molecule has 208 valence electrons. The molecule has 2 amide bonds. The van der Waals surface area contributed by atoms with Crippen LogP contribution in [0.5, 0.6) is 0 Å². The number of nitrogens with one attached hydrogen (secondary N) is 2. The van der Waals surface area contributed by atoms with E-state index >= 15 is 0 Å². The van der Waals surface area contributed by atoms with E-state index in [2.05, 4.69) is 25.7 Å². The lowest BCUT2D eigenvalue weighted by atomic mass is 9.99. The highest BCUT2D eigenvalue weighted by molar-refractivity contribution is 6.33. The van der Waals surface area contributed by atoms with E-state index in [1.54, 1.807) is 55.6 Å². The van der Waals surface area contributed by atoms with Crippen LogP contribution in [-0.2, 0) is 11.0 Å². The van der Waals surface area contributed by atoms with Gasteiger partial charge in [0.2, 0.25) is 5.91 Å². The van der Waals surface area contributed by atoms with Crippen molar-refractivity contribution in [3.63, 3.8) is 0 Å².